The van der Waals surface area contributed by atoms with Crippen molar-refractivity contribution in [3.63, 3.8) is 0 Å². The van der Waals surface area contributed by atoms with Crippen LogP contribution in [0.2, 0.25) is 0 Å². The Labute approximate surface area is 132 Å². The lowest BCUT2D eigenvalue weighted by Gasteiger charge is -2.14. The van der Waals surface area contributed by atoms with Gasteiger partial charge in [-0.15, -0.1) is 0 Å². The van der Waals surface area contributed by atoms with Crippen molar-refractivity contribution < 1.29 is 9.47 Å². The molecule has 0 amide bonds. The molecule has 0 atom stereocenters. The summed E-state index contributed by atoms with van der Waals surface area (Å²) in [7, 11) is 1.58. The minimum absolute atomic E-state index is 0.396. The Morgan fingerprint density at radius 2 is 2.10 bits per heavy atom. The fraction of sp³-hybridized carbons (Fsp3) is 0.333. The second-order valence-electron chi connectivity index (χ2n) is 4.50. The van der Waals surface area contributed by atoms with Crippen LogP contribution in [0.5, 0.6) is 17.4 Å². The second kappa shape index (κ2) is 7.26. The predicted molar refractivity (Wildman–Crippen MR) is 86.3 cm³/mol. The molecule has 5 nitrogen and oxygen atoms in total. The summed E-state index contributed by atoms with van der Waals surface area (Å²) in [5, 5.41) is 3.20. The molecule has 0 aliphatic rings. The molecule has 1 aromatic heterocycles. The van der Waals surface area contributed by atoms with Gasteiger partial charge in [0.1, 0.15) is 12.1 Å². The van der Waals surface area contributed by atoms with Gasteiger partial charge in [0.05, 0.1) is 7.11 Å². The highest BCUT2D eigenvalue weighted by Crippen LogP contribution is 2.36. The second-order valence-corrected chi connectivity index (χ2v) is 5.42. The maximum absolute atomic E-state index is 5.89. The van der Waals surface area contributed by atoms with Crippen molar-refractivity contribution in [1.29, 1.82) is 0 Å². The smallest absolute Gasteiger partial charge is 0.268 e. The number of benzene rings is 1. The first-order valence-electron chi connectivity index (χ1n) is 6.72. The quantitative estimate of drug-likeness (QED) is 0.846. The van der Waals surface area contributed by atoms with Crippen LogP contribution in [-0.2, 0) is 0 Å². The molecule has 0 aliphatic heterocycles. The van der Waals surface area contributed by atoms with E-state index in [-0.39, 0.29) is 0 Å². The molecule has 0 saturated heterocycles. The van der Waals surface area contributed by atoms with E-state index in [2.05, 4.69) is 38.1 Å². The van der Waals surface area contributed by atoms with E-state index in [0.29, 0.717) is 17.4 Å². The van der Waals surface area contributed by atoms with Gasteiger partial charge in [-0.05, 0) is 31.0 Å². The third-order valence-corrected chi connectivity index (χ3v) is 3.37. The van der Waals surface area contributed by atoms with Crippen molar-refractivity contribution in [2.45, 2.75) is 20.3 Å². The third-order valence-electron chi connectivity index (χ3n) is 2.87. The zero-order chi connectivity index (χ0) is 15.2. The normalized spacial score (nSPS) is 10.3. The molecule has 2 aromatic rings. The number of ether oxygens (including phenoxy) is 2. The molecular formula is C15H18BrN3O2. The minimum Gasteiger partial charge on any atom is -0.489 e. The predicted octanol–water partition coefficient (Wildman–Crippen LogP) is 4.17. The Kier molecular flexibility index (Phi) is 5.38. The van der Waals surface area contributed by atoms with Crippen molar-refractivity contribution in [3.05, 3.63) is 34.6 Å². The monoisotopic (exact) mass is 351 g/mol. The molecule has 0 unspecified atom stereocenters. The lowest BCUT2D eigenvalue weighted by Crippen LogP contribution is -2.06. The van der Waals surface area contributed by atoms with Gasteiger partial charge in [0.2, 0.25) is 5.75 Å². The van der Waals surface area contributed by atoms with Crippen LogP contribution in [0, 0.1) is 6.92 Å². The summed E-state index contributed by atoms with van der Waals surface area (Å²) < 4.78 is 12.2. The van der Waals surface area contributed by atoms with Gasteiger partial charge in [-0.3, -0.25) is 0 Å². The number of hydrogen-bond acceptors (Lipinski definition) is 5. The molecule has 0 saturated carbocycles. The number of halogens is 1. The molecule has 1 aromatic carbocycles. The van der Waals surface area contributed by atoms with Crippen molar-refractivity contribution in [3.8, 4) is 17.4 Å². The summed E-state index contributed by atoms with van der Waals surface area (Å²) in [6.45, 7) is 4.87. The average molecular weight is 352 g/mol. The van der Waals surface area contributed by atoms with E-state index < -0.39 is 0 Å². The first kappa shape index (κ1) is 15.6. The number of nitrogens with one attached hydrogen (secondary N) is 1. The maximum atomic E-state index is 5.89. The van der Waals surface area contributed by atoms with Crippen LogP contribution < -0.4 is 14.8 Å². The van der Waals surface area contributed by atoms with Crippen molar-refractivity contribution in [2.75, 3.05) is 19.0 Å². The average Bonchev–Trinajstić information content (AvgIpc) is 2.49. The molecule has 1 N–H and O–H groups in total. The first-order chi connectivity index (χ1) is 10.2. The molecule has 0 radical (unpaired) electrons. The van der Waals surface area contributed by atoms with E-state index in [0.717, 1.165) is 28.8 Å². The molecule has 21 heavy (non-hydrogen) atoms. The van der Waals surface area contributed by atoms with E-state index >= 15 is 0 Å². The Bertz CT molecular complexity index is 620. The van der Waals surface area contributed by atoms with E-state index in [1.165, 1.54) is 6.33 Å². The van der Waals surface area contributed by atoms with Gasteiger partial charge in [0.25, 0.3) is 5.88 Å². The zero-order valence-electron chi connectivity index (χ0n) is 12.3. The highest BCUT2D eigenvalue weighted by Gasteiger charge is 2.15. The maximum Gasteiger partial charge on any atom is 0.268 e. The first-order valence-corrected chi connectivity index (χ1v) is 7.51. The molecule has 112 valence electrons. The Morgan fingerprint density at radius 3 is 2.81 bits per heavy atom. The standard InChI is InChI=1S/C15H18BrN3O2/c1-4-7-17-14-13(20-3)15(19-9-18-14)21-12-8-11(16)6-5-10(12)2/h5-6,8-9H,4,7H2,1-3H3,(H,17,18,19). The summed E-state index contributed by atoms with van der Waals surface area (Å²) in [6, 6.07) is 5.84. The van der Waals surface area contributed by atoms with Crippen LogP contribution in [0.15, 0.2) is 29.0 Å². The Hall–Kier alpha value is -1.82. The molecule has 6 heteroatoms. The van der Waals surface area contributed by atoms with Gasteiger partial charge >= 0.3 is 0 Å². The number of aromatic nitrogens is 2. The van der Waals surface area contributed by atoms with Crippen LogP contribution in [0.1, 0.15) is 18.9 Å². The van der Waals surface area contributed by atoms with Gasteiger partial charge in [-0.1, -0.05) is 28.9 Å². The van der Waals surface area contributed by atoms with Crippen LogP contribution in [-0.4, -0.2) is 23.6 Å². The van der Waals surface area contributed by atoms with Crippen LogP contribution >= 0.6 is 15.9 Å². The van der Waals surface area contributed by atoms with E-state index in [1.807, 2.05) is 25.1 Å². The van der Waals surface area contributed by atoms with Crippen LogP contribution in [0.4, 0.5) is 5.82 Å². The van der Waals surface area contributed by atoms with Crippen molar-refractivity contribution in [1.82, 2.24) is 9.97 Å². The Balaban J connectivity index is 2.33. The topological polar surface area (TPSA) is 56.3 Å². The van der Waals surface area contributed by atoms with E-state index in [1.54, 1.807) is 7.11 Å². The molecule has 0 fully saturated rings. The summed E-state index contributed by atoms with van der Waals surface area (Å²) in [4.78, 5) is 8.36. The fourth-order valence-electron chi connectivity index (χ4n) is 1.77. The summed E-state index contributed by atoms with van der Waals surface area (Å²) >= 11 is 3.44. The number of rotatable bonds is 6. The SMILES string of the molecule is CCCNc1ncnc(Oc2cc(Br)ccc2C)c1OC. The Morgan fingerprint density at radius 1 is 1.29 bits per heavy atom. The minimum atomic E-state index is 0.396. The van der Waals surface area contributed by atoms with Gasteiger partial charge in [-0.2, -0.15) is 4.98 Å². The third kappa shape index (κ3) is 3.85. The molecular weight excluding hydrogens is 334 g/mol. The van der Waals surface area contributed by atoms with Gasteiger partial charge in [0.15, 0.2) is 5.82 Å². The molecule has 0 bridgehead atoms. The van der Waals surface area contributed by atoms with E-state index in [9.17, 15) is 0 Å². The van der Waals surface area contributed by atoms with Gasteiger partial charge in [0, 0.05) is 11.0 Å². The number of methoxy groups -OCH3 is 1. The molecule has 2 rings (SSSR count). The largest absolute Gasteiger partial charge is 0.489 e. The number of nitrogens with zero attached hydrogens (tertiary/aromatic N) is 2. The van der Waals surface area contributed by atoms with Gasteiger partial charge < -0.3 is 14.8 Å². The fourth-order valence-corrected chi connectivity index (χ4v) is 2.11. The lowest BCUT2D eigenvalue weighted by atomic mass is 10.2. The molecule has 1 heterocycles. The lowest BCUT2D eigenvalue weighted by molar-refractivity contribution is 0.368. The zero-order valence-corrected chi connectivity index (χ0v) is 13.9. The molecule has 0 spiro atoms. The van der Waals surface area contributed by atoms with Crippen LogP contribution in [0.3, 0.4) is 0 Å². The summed E-state index contributed by atoms with van der Waals surface area (Å²) in [5.74, 6) is 2.26. The molecule has 0 aliphatic carbocycles. The van der Waals surface area contributed by atoms with Crippen LogP contribution in [0.25, 0.3) is 0 Å². The number of aryl methyl sites for hydroxylation is 1. The highest BCUT2D eigenvalue weighted by atomic mass is 79.9. The van der Waals surface area contributed by atoms with E-state index in [4.69, 9.17) is 9.47 Å². The number of hydrogen-bond donors (Lipinski definition) is 1. The van der Waals surface area contributed by atoms with Gasteiger partial charge in [-0.25, -0.2) is 4.98 Å². The number of anilines is 1. The highest BCUT2D eigenvalue weighted by molar-refractivity contribution is 9.10. The van der Waals surface area contributed by atoms with Crippen molar-refractivity contribution >= 4 is 21.7 Å². The summed E-state index contributed by atoms with van der Waals surface area (Å²) in [5.41, 5.74) is 1.02. The summed E-state index contributed by atoms with van der Waals surface area (Å²) in [6.07, 6.45) is 2.46. The van der Waals surface area contributed by atoms with Crippen molar-refractivity contribution in [2.24, 2.45) is 0 Å².